The Kier molecular flexibility index (Phi) is 14.2. The number of likely N-dealkylation sites (N-methyl/N-ethyl adjacent to an activating group) is 1. The van der Waals surface area contributed by atoms with Crippen LogP contribution in [0.2, 0.25) is 0 Å². The summed E-state index contributed by atoms with van der Waals surface area (Å²) in [4.78, 5) is 84.2. The number of hydrazine groups is 1. The van der Waals surface area contributed by atoms with Gasteiger partial charge in [-0.2, -0.15) is 0 Å². The summed E-state index contributed by atoms with van der Waals surface area (Å²) < 4.78 is 18.4. The topological polar surface area (TPSA) is 180 Å². The fourth-order valence-electron chi connectivity index (χ4n) is 9.35. The van der Waals surface area contributed by atoms with E-state index in [1.54, 1.807) is 30.2 Å². The zero-order valence-electron chi connectivity index (χ0n) is 38.9. The van der Waals surface area contributed by atoms with Crippen LogP contribution in [0.4, 0.5) is 4.79 Å². The van der Waals surface area contributed by atoms with Gasteiger partial charge in [0.05, 0.1) is 29.1 Å². The maximum Gasteiger partial charge on any atom is 0.324 e. The van der Waals surface area contributed by atoms with Crippen molar-refractivity contribution < 1.29 is 37.9 Å². The number of pyridine rings is 1. The van der Waals surface area contributed by atoms with Crippen molar-refractivity contribution in [1.29, 1.82) is 0 Å². The van der Waals surface area contributed by atoms with Gasteiger partial charge in [-0.25, -0.2) is 15.2 Å². The number of rotatable bonds is 8. The monoisotopic (exact) mass is 910 g/mol. The van der Waals surface area contributed by atoms with E-state index in [0.717, 1.165) is 27.8 Å². The number of urea groups is 1. The van der Waals surface area contributed by atoms with Crippen molar-refractivity contribution in [3.63, 3.8) is 0 Å². The first-order chi connectivity index (χ1) is 30.9. The highest BCUT2D eigenvalue weighted by Crippen LogP contribution is 2.42. The number of cyclic esters (lactones) is 1. The van der Waals surface area contributed by atoms with Crippen LogP contribution < -0.4 is 10.7 Å². The molecule has 6 heterocycles. The van der Waals surface area contributed by atoms with Crippen LogP contribution in [0, 0.1) is 11.3 Å². The Labute approximate surface area is 384 Å². The summed E-state index contributed by atoms with van der Waals surface area (Å²) in [5.41, 5.74) is 7.25. The molecule has 3 aromatic heterocycles. The first kappa shape index (κ1) is 47.3. The molecule has 0 saturated carbocycles. The molecule has 2 saturated heterocycles. The average molecular weight is 911 g/mol. The number of amides is 5. The zero-order chi connectivity index (χ0) is 46.9. The van der Waals surface area contributed by atoms with Crippen molar-refractivity contribution in [1.82, 2.24) is 40.4 Å². The Hall–Kier alpha value is -5.65. The molecule has 17 heteroatoms. The van der Waals surface area contributed by atoms with Gasteiger partial charge in [0, 0.05) is 91.4 Å². The van der Waals surface area contributed by atoms with E-state index >= 15 is 0 Å². The number of esters is 1. The van der Waals surface area contributed by atoms with E-state index in [0.29, 0.717) is 60.9 Å². The van der Waals surface area contributed by atoms with Gasteiger partial charge in [-0.1, -0.05) is 34.3 Å². The second kappa shape index (κ2) is 19.4. The SMILES string of the molecule is C=CC(=O)N1C[C@@H](C)N(C(=O)N(C)[C@H](C(=O)N[C@H]2Cc3nc(cs3)-c3ccc4oc(-c5cccnc5[C@H](C)OC)c(c4c3)CC(C)(C)COC(=O)[C@@H]3CCCN(N3)C2=O)C(C)C)[C@H](C)C1. The van der Waals surface area contributed by atoms with Gasteiger partial charge >= 0.3 is 12.0 Å². The van der Waals surface area contributed by atoms with Crippen molar-refractivity contribution in [2.45, 2.75) is 110 Å². The number of hydrogen-bond acceptors (Lipinski definition) is 12. The Bertz CT molecular complexity index is 2440. The number of hydrogen-bond donors (Lipinski definition) is 2. The van der Waals surface area contributed by atoms with Crippen LogP contribution >= 0.6 is 11.3 Å². The minimum atomic E-state index is -1.11. The molecule has 1 aromatic carbocycles. The fourth-order valence-corrected chi connectivity index (χ4v) is 10.2. The molecule has 16 nitrogen and oxygen atoms in total. The summed E-state index contributed by atoms with van der Waals surface area (Å²) in [6.45, 7) is 18.1. The van der Waals surface area contributed by atoms with Crippen LogP contribution in [0.3, 0.4) is 0 Å². The van der Waals surface area contributed by atoms with Crippen molar-refractivity contribution in [2.24, 2.45) is 11.3 Å². The van der Waals surface area contributed by atoms with Crippen molar-refractivity contribution in [2.75, 3.05) is 40.4 Å². The van der Waals surface area contributed by atoms with Gasteiger partial charge in [0.2, 0.25) is 11.8 Å². The highest BCUT2D eigenvalue weighted by Gasteiger charge is 2.41. The Morgan fingerprint density at radius 2 is 1.86 bits per heavy atom. The molecular weight excluding hydrogens is 849 g/mol. The molecule has 3 aliphatic rings. The number of piperazine rings is 1. The number of thiazole rings is 1. The predicted octanol–water partition coefficient (Wildman–Crippen LogP) is 6.16. The number of furan rings is 1. The van der Waals surface area contributed by atoms with Crippen molar-refractivity contribution in [3.8, 4) is 22.6 Å². The standard InChI is InChI=1S/C48H62N8O8S/c1-11-40(57)54-23-28(4)56(29(5)24-54)47(61)53(9)42(27(2)3)44(58)51-36-21-39-50-37(25-65-39)31-16-17-38-33(20-31)34(43(64-38)32-14-12-18-49-41(32)30(6)62-10)22-48(7,8)26-63-46(60)35-15-13-19-55(52-35)45(36)59/h11-12,14,16-18,20,25,27-30,35-36,42,52H,1,13,15,19,21-24,26H2,2-10H3,(H,51,58)/t28-,29-,30+,35+,36+,42+/m1/s1. The fraction of sp³-hybridized carbons (Fsp3) is 0.521. The van der Waals surface area contributed by atoms with Gasteiger partial charge in [0.15, 0.2) is 0 Å². The third kappa shape index (κ3) is 9.97. The molecule has 0 unspecified atom stereocenters. The summed E-state index contributed by atoms with van der Waals surface area (Å²) in [5.74, 6) is -1.31. The third-order valence-electron chi connectivity index (χ3n) is 12.7. The molecule has 6 bridgehead atoms. The molecule has 0 aliphatic carbocycles. The van der Waals surface area contributed by atoms with Crippen molar-refractivity contribution >= 4 is 52.0 Å². The molecule has 6 atom stereocenters. The minimum absolute atomic E-state index is 0.0530. The number of carbonyl (C=O) groups excluding carboxylic acids is 5. The van der Waals surface area contributed by atoms with Crippen LogP contribution in [0.15, 0.2) is 59.0 Å². The number of aromatic nitrogens is 2. The highest BCUT2D eigenvalue weighted by atomic mass is 32.1. The predicted molar refractivity (Wildman–Crippen MR) is 247 cm³/mol. The van der Waals surface area contributed by atoms with E-state index in [1.165, 1.54) is 27.3 Å². The second-order valence-electron chi connectivity index (χ2n) is 18.7. The summed E-state index contributed by atoms with van der Waals surface area (Å²) in [7, 11) is 3.24. The van der Waals surface area contributed by atoms with Gasteiger partial charge in [-0.05, 0) is 82.4 Å². The maximum atomic E-state index is 14.6. The van der Waals surface area contributed by atoms with E-state index in [1.807, 2.05) is 78.1 Å². The molecule has 4 aromatic rings. The molecule has 0 radical (unpaired) electrons. The molecule has 0 spiro atoms. The third-order valence-corrected chi connectivity index (χ3v) is 13.6. The molecule has 2 N–H and O–H groups in total. The average Bonchev–Trinajstić information content (AvgIpc) is 3.90. The van der Waals surface area contributed by atoms with Gasteiger partial charge in [0.25, 0.3) is 5.91 Å². The number of fused-ring (bicyclic) bond motifs is 6. The lowest BCUT2D eigenvalue weighted by molar-refractivity contribution is -0.155. The maximum absolute atomic E-state index is 14.6. The van der Waals surface area contributed by atoms with E-state index in [4.69, 9.17) is 18.9 Å². The van der Waals surface area contributed by atoms with Crippen LogP contribution in [-0.2, 0) is 41.5 Å². The molecule has 348 valence electrons. The normalized spacial score (nSPS) is 22.5. The largest absolute Gasteiger partial charge is 0.464 e. The van der Waals surface area contributed by atoms with Gasteiger partial charge in [0.1, 0.15) is 29.5 Å². The molecule has 5 amide bonds. The van der Waals surface area contributed by atoms with E-state index in [9.17, 15) is 24.0 Å². The number of carbonyl (C=O) groups is 5. The Morgan fingerprint density at radius 1 is 1.12 bits per heavy atom. The summed E-state index contributed by atoms with van der Waals surface area (Å²) >= 11 is 1.38. The van der Waals surface area contributed by atoms with E-state index in [2.05, 4.69) is 28.4 Å². The molecule has 7 rings (SSSR count). The first-order valence-corrected chi connectivity index (χ1v) is 23.3. The molecule has 3 aliphatic heterocycles. The van der Waals surface area contributed by atoms with Gasteiger partial charge < -0.3 is 33.9 Å². The number of methoxy groups -OCH3 is 1. The van der Waals surface area contributed by atoms with Crippen LogP contribution in [-0.4, -0.2) is 130 Å². The number of ether oxygens (including phenoxy) is 2. The van der Waals surface area contributed by atoms with Gasteiger partial charge in [-0.15, -0.1) is 11.3 Å². The molecule has 2 fully saturated rings. The van der Waals surface area contributed by atoms with Crippen LogP contribution in [0.1, 0.15) is 83.7 Å². The number of benzene rings is 1. The van der Waals surface area contributed by atoms with Gasteiger partial charge in [-0.3, -0.25) is 29.2 Å². The molecule has 65 heavy (non-hydrogen) atoms. The van der Waals surface area contributed by atoms with Crippen LogP contribution in [0.25, 0.3) is 33.6 Å². The zero-order valence-corrected chi connectivity index (χ0v) is 39.7. The Balaban J connectivity index is 1.23. The number of nitrogens with one attached hydrogen (secondary N) is 2. The lowest BCUT2D eigenvalue weighted by atomic mass is 9.84. The highest BCUT2D eigenvalue weighted by molar-refractivity contribution is 7.10. The van der Waals surface area contributed by atoms with Crippen LogP contribution in [0.5, 0.6) is 0 Å². The molecular formula is C48H62N8O8S. The minimum Gasteiger partial charge on any atom is -0.464 e. The summed E-state index contributed by atoms with van der Waals surface area (Å²) in [5, 5.41) is 7.85. The Morgan fingerprint density at radius 3 is 2.55 bits per heavy atom. The van der Waals surface area contributed by atoms with E-state index < -0.39 is 41.3 Å². The first-order valence-electron chi connectivity index (χ1n) is 22.4. The smallest absolute Gasteiger partial charge is 0.324 e. The second-order valence-corrected chi connectivity index (χ2v) is 19.7. The van der Waals surface area contributed by atoms with E-state index in [-0.39, 0.29) is 49.1 Å². The number of nitrogens with zero attached hydrogens (tertiary/aromatic N) is 6. The lowest BCUT2D eigenvalue weighted by Gasteiger charge is -2.46. The summed E-state index contributed by atoms with van der Waals surface area (Å²) in [6.07, 6.45) is 4.23. The van der Waals surface area contributed by atoms with Crippen molar-refractivity contribution in [3.05, 3.63) is 70.8 Å². The summed E-state index contributed by atoms with van der Waals surface area (Å²) in [6, 6.07) is 5.92. The lowest BCUT2D eigenvalue weighted by Crippen LogP contribution is -2.65. The quantitative estimate of drug-likeness (QED) is 0.153.